The summed E-state index contributed by atoms with van der Waals surface area (Å²) >= 11 is 1.36. The van der Waals surface area contributed by atoms with Gasteiger partial charge in [-0.05, 0) is 41.2 Å². The van der Waals surface area contributed by atoms with E-state index >= 15 is 0 Å². The van der Waals surface area contributed by atoms with Crippen LogP contribution in [0.3, 0.4) is 0 Å². The number of thioether (sulfide) groups is 1. The van der Waals surface area contributed by atoms with Gasteiger partial charge in [0.1, 0.15) is 11.9 Å². The minimum atomic E-state index is -0.660. The quantitative estimate of drug-likeness (QED) is 0.339. The first-order valence-corrected chi connectivity index (χ1v) is 13.5. The lowest BCUT2D eigenvalue weighted by Gasteiger charge is -2.32. The summed E-state index contributed by atoms with van der Waals surface area (Å²) in [6.45, 7) is 6.97. The zero-order valence-corrected chi connectivity index (χ0v) is 22.1. The Hall–Kier alpha value is -3.12. The maximum Gasteiger partial charge on any atom is 0.243 e. The molecule has 0 heterocycles. The second-order valence-electron chi connectivity index (χ2n) is 9.38. The molecule has 1 atom stereocenters. The summed E-state index contributed by atoms with van der Waals surface area (Å²) < 4.78 is 14.1. The second kappa shape index (κ2) is 13.8. The molecular weight excluding hydrogens is 471 g/mol. The van der Waals surface area contributed by atoms with Crippen LogP contribution in [0.1, 0.15) is 36.1 Å². The van der Waals surface area contributed by atoms with Gasteiger partial charge in [0.05, 0.1) is 5.75 Å². The van der Waals surface area contributed by atoms with E-state index in [9.17, 15) is 14.0 Å². The number of carbonyl (C=O) groups excluding carboxylic acids is 2. The van der Waals surface area contributed by atoms with Gasteiger partial charge in [-0.3, -0.25) is 9.59 Å². The highest BCUT2D eigenvalue weighted by Gasteiger charge is 2.30. The number of hydrogen-bond donors (Lipinski definition) is 1. The van der Waals surface area contributed by atoms with Crippen LogP contribution in [0.5, 0.6) is 0 Å². The van der Waals surface area contributed by atoms with Gasteiger partial charge in [0.2, 0.25) is 11.8 Å². The van der Waals surface area contributed by atoms with Crippen molar-refractivity contribution < 1.29 is 14.0 Å². The zero-order valence-electron chi connectivity index (χ0n) is 21.2. The number of benzene rings is 3. The number of nitrogens with zero attached hydrogens (tertiary/aromatic N) is 1. The SMILES string of the molecule is Cc1ccccc1CN(C(=O)CSCc1ccccc1F)[C@@H](Cc1ccccc1)C(=O)NCC(C)C. The molecule has 0 aliphatic heterocycles. The Morgan fingerprint density at radius 2 is 1.56 bits per heavy atom. The summed E-state index contributed by atoms with van der Waals surface area (Å²) in [7, 11) is 0. The van der Waals surface area contributed by atoms with Gasteiger partial charge in [0.25, 0.3) is 0 Å². The van der Waals surface area contributed by atoms with Gasteiger partial charge < -0.3 is 10.2 Å². The minimum absolute atomic E-state index is 0.139. The third-order valence-electron chi connectivity index (χ3n) is 6.00. The van der Waals surface area contributed by atoms with Crippen molar-refractivity contribution in [3.63, 3.8) is 0 Å². The summed E-state index contributed by atoms with van der Waals surface area (Å²) in [5, 5.41) is 3.04. The van der Waals surface area contributed by atoms with Crippen LogP contribution in [-0.4, -0.2) is 35.1 Å². The van der Waals surface area contributed by atoms with E-state index in [0.717, 1.165) is 16.7 Å². The van der Waals surface area contributed by atoms with Crippen molar-refractivity contribution in [2.24, 2.45) is 5.92 Å². The maximum absolute atomic E-state index is 14.1. The van der Waals surface area contributed by atoms with Crippen molar-refractivity contribution >= 4 is 23.6 Å². The van der Waals surface area contributed by atoms with Gasteiger partial charge in [0.15, 0.2) is 0 Å². The lowest BCUT2D eigenvalue weighted by molar-refractivity contribution is -0.139. The zero-order chi connectivity index (χ0) is 25.9. The molecule has 0 radical (unpaired) electrons. The fourth-order valence-electron chi connectivity index (χ4n) is 3.89. The summed E-state index contributed by atoms with van der Waals surface area (Å²) in [6.07, 6.45) is 0.417. The first-order valence-electron chi connectivity index (χ1n) is 12.3. The highest BCUT2D eigenvalue weighted by Crippen LogP contribution is 2.20. The summed E-state index contributed by atoms with van der Waals surface area (Å²) in [4.78, 5) is 28.8. The van der Waals surface area contributed by atoms with Crippen molar-refractivity contribution in [2.75, 3.05) is 12.3 Å². The molecule has 0 saturated heterocycles. The smallest absolute Gasteiger partial charge is 0.243 e. The van der Waals surface area contributed by atoms with E-state index in [1.165, 1.54) is 17.8 Å². The van der Waals surface area contributed by atoms with Crippen molar-refractivity contribution in [1.82, 2.24) is 10.2 Å². The van der Waals surface area contributed by atoms with Crippen molar-refractivity contribution in [3.8, 4) is 0 Å². The summed E-state index contributed by atoms with van der Waals surface area (Å²) in [5.74, 6) is 0.267. The number of halogens is 1. The summed E-state index contributed by atoms with van der Waals surface area (Å²) in [5.41, 5.74) is 3.62. The largest absolute Gasteiger partial charge is 0.354 e. The number of rotatable bonds is 12. The first-order chi connectivity index (χ1) is 17.3. The lowest BCUT2D eigenvalue weighted by Crippen LogP contribution is -2.51. The van der Waals surface area contributed by atoms with E-state index in [0.29, 0.717) is 36.7 Å². The van der Waals surface area contributed by atoms with Gasteiger partial charge in [-0.25, -0.2) is 4.39 Å². The molecule has 3 aromatic rings. The molecule has 0 bridgehead atoms. The number of nitrogens with one attached hydrogen (secondary N) is 1. The molecule has 2 amide bonds. The van der Waals surface area contributed by atoms with Crippen LogP contribution in [-0.2, 0) is 28.3 Å². The number of aryl methyl sites for hydroxylation is 1. The predicted molar refractivity (Wildman–Crippen MR) is 146 cm³/mol. The molecule has 0 aromatic heterocycles. The normalized spacial score (nSPS) is 11.8. The average molecular weight is 507 g/mol. The van der Waals surface area contributed by atoms with Gasteiger partial charge in [0, 0.05) is 25.3 Å². The molecule has 0 aliphatic carbocycles. The van der Waals surface area contributed by atoms with Gasteiger partial charge in [-0.2, -0.15) is 0 Å². The van der Waals surface area contributed by atoms with Crippen LogP contribution < -0.4 is 5.32 Å². The number of amides is 2. The predicted octanol–water partition coefficient (Wildman–Crippen LogP) is 5.78. The first kappa shape index (κ1) is 27.5. The van der Waals surface area contributed by atoms with Crippen molar-refractivity contribution in [1.29, 1.82) is 0 Å². The maximum atomic E-state index is 14.1. The van der Waals surface area contributed by atoms with E-state index in [1.54, 1.807) is 23.1 Å². The Morgan fingerprint density at radius 1 is 0.917 bits per heavy atom. The molecule has 0 spiro atoms. The van der Waals surface area contributed by atoms with Crippen LogP contribution in [0.4, 0.5) is 4.39 Å². The fourth-order valence-corrected chi connectivity index (χ4v) is 4.79. The molecule has 3 rings (SSSR count). The standard InChI is InChI=1S/C30H35FN2O2S/c1-22(2)18-32-30(35)28(17-24-12-5-4-6-13-24)33(19-25-14-8-7-11-23(25)3)29(34)21-36-20-26-15-9-10-16-27(26)31/h4-16,22,28H,17-21H2,1-3H3,(H,32,35)/t28-/m0/s1. The molecular formula is C30H35FN2O2S. The highest BCUT2D eigenvalue weighted by molar-refractivity contribution is 7.99. The minimum Gasteiger partial charge on any atom is -0.354 e. The summed E-state index contributed by atoms with van der Waals surface area (Å²) in [6, 6.07) is 23.6. The van der Waals surface area contributed by atoms with Crippen molar-refractivity contribution in [2.45, 2.75) is 45.5 Å². The number of hydrogen-bond acceptors (Lipinski definition) is 3. The van der Waals surface area contributed by atoms with Gasteiger partial charge in [-0.15, -0.1) is 11.8 Å². The van der Waals surface area contributed by atoms with Crippen LogP contribution >= 0.6 is 11.8 Å². The van der Waals surface area contributed by atoms with Crippen LogP contribution in [0, 0.1) is 18.7 Å². The Labute approximate surface area is 218 Å². The topological polar surface area (TPSA) is 49.4 Å². The molecule has 0 unspecified atom stereocenters. The molecule has 6 heteroatoms. The van der Waals surface area contributed by atoms with E-state index < -0.39 is 6.04 Å². The Morgan fingerprint density at radius 3 is 2.22 bits per heavy atom. The van der Waals surface area contributed by atoms with Gasteiger partial charge >= 0.3 is 0 Å². The van der Waals surface area contributed by atoms with Gasteiger partial charge in [-0.1, -0.05) is 86.6 Å². The molecule has 0 saturated carbocycles. The average Bonchev–Trinajstić information content (AvgIpc) is 2.87. The van der Waals surface area contributed by atoms with Crippen LogP contribution in [0.15, 0.2) is 78.9 Å². The Kier molecular flexibility index (Phi) is 10.6. The van der Waals surface area contributed by atoms with E-state index in [4.69, 9.17) is 0 Å². The van der Waals surface area contributed by atoms with E-state index in [1.807, 2.05) is 75.4 Å². The van der Waals surface area contributed by atoms with E-state index in [-0.39, 0.29) is 23.4 Å². The molecule has 0 aliphatic rings. The van der Waals surface area contributed by atoms with Crippen LogP contribution in [0.2, 0.25) is 0 Å². The molecule has 1 N–H and O–H groups in total. The Balaban J connectivity index is 1.86. The molecule has 36 heavy (non-hydrogen) atoms. The molecule has 4 nitrogen and oxygen atoms in total. The lowest BCUT2D eigenvalue weighted by atomic mass is 10.0. The third-order valence-corrected chi connectivity index (χ3v) is 6.96. The molecule has 190 valence electrons. The molecule has 3 aromatic carbocycles. The fraction of sp³-hybridized carbons (Fsp3) is 0.333. The second-order valence-corrected chi connectivity index (χ2v) is 10.4. The van der Waals surface area contributed by atoms with E-state index in [2.05, 4.69) is 5.32 Å². The van der Waals surface area contributed by atoms with Crippen LogP contribution in [0.25, 0.3) is 0 Å². The van der Waals surface area contributed by atoms with Crippen molar-refractivity contribution in [3.05, 3.63) is 107 Å². The molecule has 0 fully saturated rings. The monoisotopic (exact) mass is 506 g/mol. The Bertz CT molecular complexity index is 1140. The third kappa shape index (κ3) is 8.23. The highest BCUT2D eigenvalue weighted by atomic mass is 32.2. The number of carbonyl (C=O) groups is 2.